The molecule has 2 atom stereocenters. The third-order valence-electron chi connectivity index (χ3n) is 6.15. The Labute approximate surface area is 231 Å². The average Bonchev–Trinajstić information content (AvgIpc) is 2.80. The van der Waals surface area contributed by atoms with Gasteiger partial charge in [0.05, 0.1) is 22.0 Å². The maximum atomic E-state index is 13.4. The monoisotopic (exact) mass is 569 g/mol. The minimum absolute atomic E-state index is 0.0296. The molecular weight excluding hydrogens is 533 g/mol. The van der Waals surface area contributed by atoms with Gasteiger partial charge in [-0.3, -0.25) is 13.9 Å². The number of carbonyl (C=O) groups excluding carboxylic acids is 2. The van der Waals surface area contributed by atoms with Crippen LogP contribution < -0.4 is 9.62 Å². The van der Waals surface area contributed by atoms with Crippen molar-refractivity contribution in [1.82, 2.24) is 10.2 Å². The van der Waals surface area contributed by atoms with Gasteiger partial charge in [0, 0.05) is 25.6 Å². The molecule has 2 aromatic rings. The fourth-order valence-electron chi connectivity index (χ4n) is 3.98. The van der Waals surface area contributed by atoms with Gasteiger partial charge >= 0.3 is 0 Å². The molecule has 0 aliphatic heterocycles. The van der Waals surface area contributed by atoms with E-state index in [4.69, 9.17) is 23.2 Å². The molecule has 1 N–H and O–H groups in total. The van der Waals surface area contributed by atoms with Crippen LogP contribution in [-0.4, -0.2) is 50.0 Å². The second kappa shape index (κ2) is 13.5. The molecule has 0 aliphatic carbocycles. The van der Waals surface area contributed by atoms with Crippen molar-refractivity contribution in [3.63, 3.8) is 0 Å². The summed E-state index contributed by atoms with van der Waals surface area (Å²) in [4.78, 5) is 27.8. The van der Waals surface area contributed by atoms with Gasteiger partial charge in [0.25, 0.3) is 0 Å². The Hall–Kier alpha value is -2.29. The molecule has 2 amide bonds. The van der Waals surface area contributed by atoms with Gasteiger partial charge in [-0.05, 0) is 81.5 Å². The number of nitrogens with zero attached hydrogens (tertiary/aromatic N) is 2. The van der Waals surface area contributed by atoms with Crippen LogP contribution in [0.15, 0.2) is 36.4 Å². The van der Waals surface area contributed by atoms with E-state index in [-0.39, 0.29) is 43.8 Å². The molecule has 204 valence electrons. The van der Waals surface area contributed by atoms with E-state index in [1.54, 1.807) is 25.1 Å². The summed E-state index contributed by atoms with van der Waals surface area (Å²) in [6.07, 6.45) is 2.28. The van der Waals surface area contributed by atoms with Gasteiger partial charge in [-0.2, -0.15) is 0 Å². The van der Waals surface area contributed by atoms with Crippen molar-refractivity contribution < 1.29 is 18.0 Å². The van der Waals surface area contributed by atoms with Crippen molar-refractivity contribution in [2.75, 3.05) is 17.1 Å². The van der Waals surface area contributed by atoms with E-state index in [1.807, 2.05) is 45.9 Å². The molecule has 0 aliphatic rings. The van der Waals surface area contributed by atoms with Crippen molar-refractivity contribution in [3.05, 3.63) is 63.1 Å². The fraction of sp³-hybridized carbons (Fsp3) is 0.481. The molecule has 0 saturated heterocycles. The number of nitrogens with one attached hydrogen (secondary N) is 1. The Morgan fingerprint density at radius 3 is 2.16 bits per heavy atom. The molecule has 37 heavy (non-hydrogen) atoms. The molecule has 2 aromatic carbocycles. The van der Waals surface area contributed by atoms with E-state index in [0.717, 1.165) is 29.4 Å². The number of hydrogen-bond acceptors (Lipinski definition) is 4. The smallest absolute Gasteiger partial charge is 0.242 e. The van der Waals surface area contributed by atoms with Crippen LogP contribution in [0.1, 0.15) is 56.7 Å². The second-order valence-electron chi connectivity index (χ2n) is 9.55. The zero-order valence-corrected chi connectivity index (χ0v) is 24.7. The van der Waals surface area contributed by atoms with Crippen LogP contribution in [0.3, 0.4) is 0 Å². The largest absolute Gasteiger partial charge is 0.352 e. The zero-order valence-electron chi connectivity index (χ0n) is 22.3. The van der Waals surface area contributed by atoms with Crippen LogP contribution in [-0.2, 0) is 26.2 Å². The highest BCUT2D eigenvalue weighted by Gasteiger charge is 2.27. The van der Waals surface area contributed by atoms with Gasteiger partial charge in [-0.1, -0.05) is 42.3 Å². The van der Waals surface area contributed by atoms with Crippen molar-refractivity contribution in [2.24, 2.45) is 0 Å². The normalized spacial score (nSPS) is 13.1. The lowest BCUT2D eigenvalue weighted by Crippen LogP contribution is -2.49. The number of sulfonamides is 1. The van der Waals surface area contributed by atoms with Crippen molar-refractivity contribution >= 4 is 50.7 Å². The van der Waals surface area contributed by atoms with Gasteiger partial charge in [0.1, 0.15) is 6.04 Å². The number of amides is 2. The van der Waals surface area contributed by atoms with Crippen LogP contribution in [0, 0.1) is 13.8 Å². The topological polar surface area (TPSA) is 86.8 Å². The quantitative estimate of drug-likeness (QED) is 0.366. The molecule has 7 nitrogen and oxygen atoms in total. The van der Waals surface area contributed by atoms with E-state index in [0.29, 0.717) is 15.7 Å². The van der Waals surface area contributed by atoms with Gasteiger partial charge < -0.3 is 10.2 Å². The summed E-state index contributed by atoms with van der Waals surface area (Å²) in [5.41, 5.74) is 3.21. The highest BCUT2D eigenvalue weighted by molar-refractivity contribution is 7.92. The van der Waals surface area contributed by atoms with Gasteiger partial charge in [-0.25, -0.2) is 8.42 Å². The highest BCUT2D eigenvalue weighted by Crippen LogP contribution is 2.25. The molecule has 0 radical (unpaired) electrons. The minimum atomic E-state index is -3.56. The lowest BCUT2D eigenvalue weighted by molar-refractivity contribution is -0.140. The van der Waals surface area contributed by atoms with Crippen LogP contribution in [0.2, 0.25) is 10.0 Å². The lowest BCUT2D eigenvalue weighted by Gasteiger charge is -2.30. The molecule has 0 spiro atoms. The minimum Gasteiger partial charge on any atom is -0.352 e. The van der Waals surface area contributed by atoms with Crippen LogP contribution in [0.5, 0.6) is 0 Å². The molecule has 0 heterocycles. The fourth-order valence-corrected chi connectivity index (χ4v) is 5.25. The summed E-state index contributed by atoms with van der Waals surface area (Å²) in [6, 6.07) is 9.93. The predicted molar refractivity (Wildman–Crippen MR) is 152 cm³/mol. The number of benzene rings is 2. The van der Waals surface area contributed by atoms with Crippen LogP contribution >= 0.6 is 23.2 Å². The predicted octanol–water partition coefficient (Wildman–Crippen LogP) is 5.49. The zero-order chi connectivity index (χ0) is 27.9. The van der Waals surface area contributed by atoms with Gasteiger partial charge in [-0.15, -0.1) is 0 Å². The summed E-state index contributed by atoms with van der Waals surface area (Å²) >= 11 is 12.2. The Balaban J connectivity index is 2.23. The van der Waals surface area contributed by atoms with Gasteiger partial charge in [0.15, 0.2) is 0 Å². The maximum Gasteiger partial charge on any atom is 0.242 e. The van der Waals surface area contributed by atoms with E-state index < -0.39 is 16.1 Å². The Bertz CT molecular complexity index is 1200. The first-order chi connectivity index (χ1) is 17.2. The van der Waals surface area contributed by atoms with Crippen LogP contribution in [0.25, 0.3) is 0 Å². The maximum absolute atomic E-state index is 13.4. The molecule has 0 unspecified atom stereocenters. The summed E-state index contributed by atoms with van der Waals surface area (Å²) in [5, 5.41) is 3.69. The molecular formula is C27H37Cl2N3O4S. The third-order valence-corrected chi connectivity index (χ3v) is 8.08. The van der Waals surface area contributed by atoms with Gasteiger partial charge in [0.2, 0.25) is 21.8 Å². The second-order valence-corrected chi connectivity index (χ2v) is 12.3. The first-order valence-corrected chi connectivity index (χ1v) is 14.9. The first-order valence-electron chi connectivity index (χ1n) is 12.3. The third kappa shape index (κ3) is 9.20. The molecule has 0 aromatic heterocycles. The number of carbonyl (C=O) groups is 2. The molecule has 0 fully saturated rings. The Kier molecular flexibility index (Phi) is 11.3. The SMILES string of the molecule is CC[C@@H](C)NC(=O)[C@H](C)N(Cc1ccc(Cl)c(Cl)c1)C(=O)CCCN(c1cc(C)cc(C)c1)S(C)(=O)=O. The average molecular weight is 571 g/mol. The number of anilines is 1. The number of rotatable bonds is 12. The number of hydrogen-bond donors (Lipinski definition) is 1. The van der Waals surface area contributed by atoms with E-state index >= 15 is 0 Å². The van der Waals surface area contributed by atoms with E-state index in [1.165, 1.54) is 9.21 Å². The summed E-state index contributed by atoms with van der Waals surface area (Å²) < 4.78 is 26.4. The standard InChI is InChI=1S/C27H37Cl2N3O4S/c1-7-20(4)30-27(34)21(5)31(17-22-10-11-24(28)25(29)16-22)26(33)9-8-12-32(37(6,35)36)23-14-18(2)13-19(3)15-23/h10-11,13-16,20-21H,7-9,12,17H2,1-6H3,(H,30,34)/t20-,21+/m1/s1. The summed E-state index contributed by atoms with van der Waals surface area (Å²) in [6.45, 7) is 9.69. The molecule has 2 rings (SSSR count). The van der Waals surface area contributed by atoms with Crippen LogP contribution in [0.4, 0.5) is 5.69 Å². The number of aryl methyl sites for hydroxylation is 2. The van der Waals surface area contributed by atoms with Crippen molar-refractivity contribution in [1.29, 1.82) is 0 Å². The molecule has 10 heteroatoms. The van der Waals surface area contributed by atoms with Crippen molar-refractivity contribution in [3.8, 4) is 0 Å². The summed E-state index contributed by atoms with van der Waals surface area (Å²) in [7, 11) is -3.56. The Morgan fingerprint density at radius 1 is 1.00 bits per heavy atom. The van der Waals surface area contributed by atoms with Crippen molar-refractivity contribution in [2.45, 2.75) is 72.5 Å². The molecule has 0 saturated carbocycles. The Morgan fingerprint density at radius 2 is 1.62 bits per heavy atom. The lowest BCUT2D eigenvalue weighted by atomic mass is 10.1. The van der Waals surface area contributed by atoms with E-state index in [2.05, 4.69) is 5.32 Å². The molecule has 0 bridgehead atoms. The van der Waals surface area contributed by atoms with E-state index in [9.17, 15) is 18.0 Å². The first kappa shape index (κ1) is 30.9. The number of halogens is 2. The summed E-state index contributed by atoms with van der Waals surface area (Å²) in [5.74, 6) is -0.512. The highest BCUT2D eigenvalue weighted by atomic mass is 35.5.